The molecule has 0 aliphatic heterocycles. The standard InChI is InChI=1S/C17H22N2O4S2/c1-2-3-10-19(11-12-20)17(21)14-6-8-15(9-7-14)18-25(22,23)16-5-4-13-24-16/h4-9,13,18,20H,2-3,10-12H2,1H3. The molecule has 0 saturated heterocycles. The number of anilines is 1. The Morgan fingerprint density at radius 1 is 1.20 bits per heavy atom. The van der Waals surface area contributed by atoms with E-state index < -0.39 is 10.0 Å². The molecule has 1 aromatic heterocycles. The van der Waals surface area contributed by atoms with Crippen molar-refractivity contribution in [2.45, 2.75) is 24.0 Å². The lowest BCUT2D eigenvalue weighted by atomic mass is 10.1. The van der Waals surface area contributed by atoms with Gasteiger partial charge in [0.25, 0.3) is 15.9 Å². The first-order chi connectivity index (χ1) is 12.0. The molecule has 0 radical (unpaired) electrons. The number of aliphatic hydroxyl groups excluding tert-OH is 1. The number of rotatable bonds is 9. The molecule has 0 spiro atoms. The Bertz CT molecular complexity index is 771. The van der Waals surface area contributed by atoms with Crippen LogP contribution < -0.4 is 4.72 Å². The summed E-state index contributed by atoms with van der Waals surface area (Å²) in [4.78, 5) is 14.1. The van der Waals surface area contributed by atoms with Crippen LogP contribution in [0.2, 0.25) is 0 Å². The minimum Gasteiger partial charge on any atom is -0.395 e. The van der Waals surface area contributed by atoms with Crippen molar-refractivity contribution >= 4 is 33.0 Å². The number of hydrogen-bond donors (Lipinski definition) is 2. The number of benzene rings is 1. The summed E-state index contributed by atoms with van der Waals surface area (Å²) >= 11 is 1.14. The van der Waals surface area contributed by atoms with E-state index in [1.54, 1.807) is 40.6 Å². The maximum atomic E-state index is 12.5. The quantitative estimate of drug-likeness (QED) is 0.698. The van der Waals surface area contributed by atoms with Crippen LogP contribution in [0.25, 0.3) is 0 Å². The van der Waals surface area contributed by atoms with Crippen LogP contribution in [-0.4, -0.2) is 44.0 Å². The van der Waals surface area contributed by atoms with Gasteiger partial charge in [-0.25, -0.2) is 8.42 Å². The molecule has 2 rings (SSSR count). The predicted octanol–water partition coefficient (Wildman–Crippen LogP) is 2.78. The second kappa shape index (κ2) is 8.98. The van der Waals surface area contributed by atoms with Gasteiger partial charge in [-0.1, -0.05) is 19.4 Å². The van der Waals surface area contributed by atoms with Gasteiger partial charge in [-0.05, 0) is 42.1 Å². The summed E-state index contributed by atoms with van der Waals surface area (Å²) in [6.45, 7) is 2.82. The maximum Gasteiger partial charge on any atom is 0.271 e. The molecule has 6 nitrogen and oxygen atoms in total. The largest absolute Gasteiger partial charge is 0.395 e. The Morgan fingerprint density at radius 2 is 1.92 bits per heavy atom. The fraction of sp³-hybridized carbons (Fsp3) is 0.353. The minimum absolute atomic E-state index is 0.0891. The van der Waals surface area contributed by atoms with Gasteiger partial charge in [0.15, 0.2) is 0 Å². The van der Waals surface area contributed by atoms with E-state index >= 15 is 0 Å². The SMILES string of the molecule is CCCCN(CCO)C(=O)c1ccc(NS(=O)(=O)c2cccs2)cc1. The van der Waals surface area contributed by atoms with Crippen molar-refractivity contribution in [1.29, 1.82) is 0 Å². The second-order valence-corrected chi connectivity index (χ2v) is 8.34. The number of thiophene rings is 1. The zero-order valence-corrected chi connectivity index (χ0v) is 15.6. The highest BCUT2D eigenvalue weighted by Crippen LogP contribution is 2.20. The monoisotopic (exact) mass is 382 g/mol. The smallest absolute Gasteiger partial charge is 0.271 e. The van der Waals surface area contributed by atoms with Gasteiger partial charge >= 0.3 is 0 Å². The normalized spacial score (nSPS) is 11.3. The third kappa shape index (κ3) is 5.29. The molecule has 0 saturated carbocycles. The predicted molar refractivity (Wildman–Crippen MR) is 99.5 cm³/mol. The van der Waals surface area contributed by atoms with Crippen molar-refractivity contribution in [1.82, 2.24) is 4.90 Å². The molecule has 0 aliphatic carbocycles. The molecule has 0 fully saturated rings. The average molecular weight is 383 g/mol. The Hall–Kier alpha value is -1.90. The Balaban J connectivity index is 2.09. The van der Waals surface area contributed by atoms with E-state index in [1.807, 2.05) is 6.92 Å². The van der Waals surface area contributed by atoms with Crippen LogP contribution >= 0.6 is 11.3 Å². The first-order valence-electron chi connectivity index (χ1n) is 8.04. The van der Waals surface area contributed by atoms with E-state index in [0.717, 1.165) is 24.2 Å². The van der Waals surface area contributed by atoms with E-state index in [2.05, 4.69) is 4.72 Å². The number of nitrogens with zero attached hydrogens (tertiary/aromatic N) is 1. The molecule has 1 heterocycles. The summed E-state index contributed by atoms with van der Waals surface area (Å²) in [5.41, 5.74) is 0.857. The number of aliphatic hydroxyl groups is 1. The van der Waals surface area contributed by atoms with Crippen LogP contribution in [0.4, 0.5) is 5.69 Å². The van der Waals surface area contributed by atoms with Crippen molar-refractivity contribution in [2.75, 3.05) is 24.4 Å². The molecule has 1 amide bonds. The third-order valence-electron chi connectivity index (χ3n) is 3.58. The van der Waals surface area contributed by atoms with Crippen molar-refractivity contribution in [3.8, 4) is 0 Å². The lowest BCUT2D eigenvalue weighted by Crippen LogP contribution is -2.34. The van der Waals surface area contributed by atoms with Crippen LogP contribution in [0.1, 0.15) is 30.1 Å². The van der Waals surface area contributed by atoms with Crippen LogP contribution in [-0.2, 0) is 10.0 Å². The summed E-state index contributed by atoms with van der Waals surface area (Å²) in [7, 11) is -3.60. The zero-order valence-electron chi connectivity index (χ0n) is 14.0. The minimum atomic E-state index is -3.60. The maximum absolute atomic E-state index is 12.5. The number of hydrogen-bond acceptors (Lipinski definition) is 5. The second-order valence-electron chi connectivity index (χ2n) is 5.48. The highest BCUT2D eigenvalue weighted by molar-refractivity contribution is 7.94. The fourth-order valence-corrected chi connectivity index (χ4v) is 4.32. The molecule has 2 N–H and O–H groups in total. The van der Waals surface area contributed by atoms with E-state index in [9.17, 15) is 13.2 Å². The van der Waals surface area contributed by atoms with Crippen molar-refractivity contribution < 1.29 is 18.3 Å². The van der Waals surface area contributed by atoms with E-state index in [4.69, 9.17) is 5.11 Å². The van der Waals surface area contributed by atoms with Gasteiger partial charge in [0.2, 0.25) is 0 Å². The summed E-state index contributed by atoms with van der Waals surface area (Å²) in [6.07, 6.45) is 1.82. The van der Waals surface area contributed by atoms with E-state index in [1.165, 1.54) is 6.07 Å². The number of nitrogens with one attached hydrogen (secondary N) is 1. The Labute approximate surface area is 152 Å². The summed E-state index contributed by atoms with van der Waals surface area (Å²) in [5, 5.41) is 10.8. The molecule has 25 heavy (non-hydrogen) atoms. The number of carbonyl (C=O) groups excluding carboxylic acids is 1. The van der Waals surface area contributed by atoms with Crippen LogP contribution in [0.5, 0.6) is 0 Å². The molecular formula is C17H22N2O4S2. The zero-order chi connectivity index (χ0) is 18.3. The van der Waals surface area contributed by atoms with Crippen molar-refractivity contribution in [3.63, 3.8) is 0 Å². The molecule has 0 aliphatic rings. The van der Waals surface area contributed by atoms with Gasteiger partial charge < -0.3 is 10.0 Å². The van der Waals surface area contributed by atoms with Gasteiger partial charge in [0.05, 0.1) is 6.61 Å². The van der Waals surface area contributed by atoms with Gasteiger partial charge in [0, 0.05) is 24.3 Å². The van der Waals surface area contributed by atoms with Crippen LogP contribution in [0.3, 0.4) is 0 Å². The van der Waals surface area contributed by atoms with Gasteiger partial charge in [-0.15, -0.1) is 11.3 Å². The molecule has 0 bridgehead atoms. The van der Waals surface area contributed by atoms with Crippen molar-refractivity contribution in [2.24, 2.45) is 0 Å². The summed E-state index contributed by atoms with van der Waals surface area (Å²) in [6, 6.07) is 9.51. The Morgan fingerprint density at radius 3 is 2.48 bits per heavy atom. The Kier molecular flexibility index (Phi) is 6.98. The fourth-order valence-electron chi connectivity index (χ4n) is 2.27. The molecular weight excluding hydrogens is 360 g/mol. The van der Waals surface area contributed by atoms with Crippen LogP contribution in [0, 0.1) is 0 Å². The first kappa shape index (κ1) is 19.4. The molecule has 0 unspecified atom stereocenters. The van der Waals surface area contributed by atoms with E-state index in [0.29, 0.717) is 17.8 Å². The topological polar surface area (TPSA) is 86.7 Å². The first-order valence-corrected chi connectivity index (χ1v) is 10.4. The number of sulfonamides is 1. The third-order valence-corrected chi connectivity index (χ3v) is 6.36. The molecule has 136 valence electrons. The number of amides is 1. The highest BCUT2D eigenvalue weighted by Gasteiger charge is 2.17. The lowest BCUT2D eigenvalue weighted by Gasteiger charge is -2.21. The molecule has 2 aromatic rings. The highest BCUT2D eigenvalue weighted by atomic mass is 32.2. The average Bonchev–Trinajstić information content (AvgIpc) is 3.14. The van der Waals surface area contributed by atoms with Gasteiger partial charge in [-0.2, -0.15) is 0 Å². The summed E-state index contributed by atoms with van der Waals surface area (Å²) in [5.74, 6) is -0.171. The molecule has 1 aromatic carbocycles. The van der Waals surface area contributed by atoms with Crippen molar-refractivity contribution in [3.05, 3.63) is 47.3 Å². The van der Waals surface area contributed by atoms with Gasteiger partial charge in [0.1, 0.15) is 4.21 Å². The van der Waals surface area contributed by atoms with Crippen LogP contribution in [0.15, 0.2) is 46.0 Å². The lowest BCUT2D eigenvalue weighted by molar-refractivity contribution is 0.0719. The number of carbonyl (C=O) groups is 1. The molecule has 8 heteroatoms. The van der Waals surface area contributed by atoms with Gasteiger partial charge in [-0.3, -0.25) is 9.52 Å². The van der Waals surface area contributed by atoms with E-state index in [-0.39, 0.29) is 23.3 Å². The number of unbranched alkanes of at least 4 members (excludes halogenated alkanes) is 1. The molecule has 0 atom stereocenters. The summed E-state index contributed by atoms with van der Waals surface area (Å²) < 4.78 is 27.1.